The molecule has 0 aromatic rings. The van der Waals surface area contributed by atoms with Crippen LogP contribution in [0.4, 0.5) is 4.79 Å². The van der Waals surface area contributed by atoms with Crippen LogP contribution in [-0.2, 0) is 4.74 Å². The van der Waals surface area contributed by atoms with Gasteiger partial charge in [-0.1, -0.05) is 25.7 Å². The van der Waals surface area contributed by atoms with E-state index in [1.807, 2.05) is 0 Å². The number of urea groups is 1. The average Bonchev–Trinajstić information content (AvgIpc) is 3.44. The Morgan fingerprint density at radius 2 is 1.75 bits per heavy atom. The van der Waals surface area contributed by atoms with E-state index in [4.69, 9.17) is 4.74 Å². The summed E-state index contributed by atoms with van der Waals surface area (Å²) in [5.74, 6) is 0.772. The van der Waals surface area contributed by atoms with Crippen molar-refractivity contribution in [1.82, 2.24) is 10.2 Å². The van der Waals surface area contributed by atoms with Gasteiger partial charge in [-0.2, -0.15) is 0 Å². The van der Waals surface area contributed by atoms with Crippen molar-refractivity contribution in [3.63, 3.8) is 0 Å². The number of likely N-dealkylation sites (tertiary alicyclic amines) is 1. The number of ether oxygens (including phenoxy) is 1. The van der Waals surface area contributed by atoms with Crippen LogP contribution in [0.3, 0.4) is 0 Å². The molecule has 0 bridgehead atoms. The van der Waals surface area contributed by atoms with Gasteiger partial charge in [0.1, 0.15) is 0 Å². The molecule has 2 aliphatic carbocycles. The Balaban J connectivity index is 1.31. The highest BCUT2D eigenvalue weighted by atomic mass is 16.5. The fourth-order valence-electron chi connectivity index (χ4n) is 5.29. The molecule has 2 saturated heterocycles. The fourth-order valence-corrected chi connectivity index (χ4v) is 5.29. The maximum atomic E-state index is 12.8. The van der Waals surface area contributed by atoms with Gasteiger partial charge in [-0.05, 0) is 62.7 Å². The molecule has 0 unspecified atom stereocenters. The lowest BCUT2D eigenvalue weighted by molar-refractivity contribution is -0.0105. The van der Waals surface area contributed by atoms with Gasteiger partial charge in [0.2, 0.25) is 0 Å². The summed E-state index contributed by atoms with van der Waals surface area (Å²) in [6.45, 7) is 2.76. The first-order valence-electron chi connectivity index (χ1n) is 10.4. The van der Waals surface area contributed by atoms with Crippen LogP contribution in [0.1, 0.15) is 77.0 Å². The van der Waals surface area contributed by atoms with Crippen LogP contribution in [0.2, 0.25) is 0 Å². The number of hydrogen-bond donors (Lipinski definition) is 1. The van der Waals surface area contributed by atoms with Crippen LogP contribution < -0.4 is 5.32 Å². The molecular formula is C20H34N2O2. The highest BCUT2D eigenvalue weighted by molar-refractivity contribution is 5.74. The van der Waals surface area contributed by atoms with Gasteiger partial charge in [-0.25, -0.2) is 4.79 Å². The van der Waals surface area contributed by atoms with Crippen LogP contribution in [0.5, 0.6) is 0 Å². The van der Waals surface area contributed by atoms with Crippen molar-refractivity contribution in [2.24, 2.45) is 11.3 Å². The normalized spacial score (nSPS) is 33.9. The Bertz CT molecular complexity index is 441. The molecule has 4 nitrogen and oxygen atoms in total. The zero-order chi connectivity index (χ0) is 16.4. The minimum Gasteiger partial charge on any atom is -0.378 e. The van der Waals surface area contributed by atoms with Crippen molar-refractivity contribution in [3.05, 3.63) is 0 Å². The fraction of sp³-hybridized carbons (Fsp3) is 0.950. The van der Waals surface area contributed by atoms with Crippen molar-refractivity contribution in [2.45, 2.75) is 89.2 Å². The second-order valence-electron chi connectivity index (χ2n) is 8.86. The summed E-state index contributed by atoms with van der Waals surface area (Å²) >= 11 is 0. The molecule has 136 valence electrons. The largest absolute Gasteiger partial charge is 0.378 e. The van der Waals surface area contributed by atoms with Gasteiger partial charge < -0.3 is 15.0 Å². The standard InChI is InChI=1S/C20H34N2O2/c23-19(21-17-8-13-24-18(14-17)16-6-7-16)22-12-5-11-20(15-22)9-3-1-2-4-10-20/h16-18H,1-15H2,(H,21,23)/t17-,18+/m0/s1. The van der Waals surface area contributed by atoms with E-state index in [2.05, 4.69) is 10.2 Å². The van der Waals surface area contributed by atoms with Gasteiger partial charge in [0.15, 0.2) is 0 Å². The molecule has 0 radical (unpaired) electrons. The lowest BCUT2D eigenvalue weighted by atomic mass is 9.74. The first-order chi connectivity index (χ1) is 11.7. The van der Waals surface area contributed by atoms with E-state index >= 15 is 0 Å². The zero-order valence-electron chi connectivity index (χ0n) is 15.1. The van der Waals surface area contributed by atoms with Crippen LogP contribution >= 0.6 is 0 Å². The number of nitrogens with zero attached hydrogens (tertiary/aromatic N) is 1. The molecule has 2 saturated carbocycles. The van der Waals surface area contributed by atoms with Gasteiger partial charge in [0.25, 0.3) is 0 Å². The van der Waals surface area contributed by atoms with Crippen molar-refractivity contribution >= 4 is 6.03 Å². The molecular weight excluding hydrogens is 300 g/mol. The van der Waals surface area contributed by atoms with Crippen molar-refractivity contribution in [3.8, 4) is 0 Å². The van der Waals surface area contributed by atoms with E-state index in [9.17, 15) is 4.79 Å². The third kappa shape index (κ3) is 3.89. The zero-order valence-corrected chi connectivity index (χ0v) is 15.1. The number of piperidine rings is 1. The van der Waals surface area contributed by atoms with Crippen molar-refractivity contribution < 1.29 is 9.53 Å². The molecule has 4 heteroatoms. The molecule has 2 heterocycles. The maximum Gasteiger partial charge on any atom is 0.317 e. The molecule has 0 aromatic heterocycles. The monoisotopic (exact) mass is 334 g/mol. The summed E-state index contributed by atoms with van der Waals surface area (Å²) in [4.78, 5) is 15.0. The molecule has 1 spiro atoms. The Labute approximate surface area is 146 Å². The van der Waals surface area contributed by atoms with Crippen LogP contribution in [0, 0.1) is 11.3 Å². The number of carbonyl (C=O) groups excluding carboxylic acids is 1. The average molecular weight is 335 g/mol. The molecule has 0 aromatic carbocycles. The molecule has 2 amide bonds. The molecule has 2 atom stereocenters. The van der Waals surface area contributed by atoms with Gasteiger partial charge >= 0.3 is 6.03 Å². The summed E-state index contributed by atoms with van der Waals surface area (Å²) in [6, 6.07) is 0.517. The highest BCUT2D eigenvalue weighted by Crippen LogP contribution is 2.42. The molecule has 4 aliphatic rings. The lowest BCUT2D eigenvalue weighted by Crippen LogP contribution is -2.53. The SMILES string of the molecule is O=C(N[C@H]1CCO[C@@H](C2CC2)C1)N1CCCC2(CCCCCC2)C1. The Hall–Kier alpha value is -0.770. The second-order valence-corrected chi connectivity index (χ2v) is 8.86. The van der Waals surface area contributed by atoms with Crippen LogP contribution in [0.25, 0.3) is 0 Å². The predicted octanol–water partition coefficient (Wildman–Crippen LogP) is 4.09. The third-order valence-corrected chi connectivity index (χ3v) is 6.90. The first-order valence-corrected chi connectivity index (χ1v) is 10.4. The van der Waals surface area contributed by atoms with Gasteiger partial charge in [0, 0.05) is 25.7 Å². The minimum absolute atomic E-state index is 0.194. The van der Waals surface area contributed by atoms with Gasteiger partial charge in [-0.3, -0.25) is 0 Å². The second kappa shape index (κ2) is 7.23. The molecule has 1 N–H and O–H groups in total. The summed E-state index contributed by atoms with van der Waals surface area (Å²) in [5.41, 5.74) is 0.429. The number of hydrogen-bond acceptors (Lipinski definition) is 2. The molecule has 24 heavy (non-hydrogen) atoms. The Morgan fingerprint density at radius 3 is 2.50 bits per heavy atom. The van der Waals surface area contributed by atoms with E-state index in [1.165, 1.54) is 64.2 Å². The molecule has 4 rings (SSSR count). The summed E-state index contributed by atoms with van der Waals surface area (Å²) in [6.07, 6.45) is 15.7. The van der Waals surface area contributed by atoms with Crippen LogP contribution in [-0.4, -0.2) is 42.8 Å². The smallest absolute Gasteiger partial charge is 0.317 e. The van der Waals surface area contributed by atoms with E-state index in [1.54, 1.807) is 0 Å². The minimum atomic E-state index is 0.194. The first kappa shape index (κ1) is 16.7. The van der Waals surface area contributed by atoms with E-state index in [0.717, 1.165) is 38.5 Å². The molecule has 4 fully saturated rings. The number of nitrogens with one attached hydrogen (secondary N) is 1. The van der Waals surface area contributed by atoms with Crippen LogP contribution in [0.15, 0.2) is 0 Å². The Kier molecular flexibility index (Phi) is 5.03. The number of amides is 2. The molecule has 2 aliphatic heterocycles. The third-order valence-electron chi connectivity index (χ3n) is 6.90. The van der Waals surface area contributed by atoms with Crippen molar-refractivity contribution in [2.75, 3.05) is 19.7 Å². The summed E-state index contributed by atoms with van der Waals surface area (Å²) in [5, 5.41) is 3.35. The van der Waals surface area contributed by atoms with Gasteiger partial charge in [-0.15, -0.1) is 0 Å². The number of carbonyl (C=O) groups is 1. The summed E-state index contributed by atoms with van der Waals surface area (Å²) < 4.78 is 5.90. The Morgan fingerprint density at radius 1 is 1.00 bits per heavy atom. The highest BCUT2D eigenvalue weighted by Gasteiger charge is 2.39. The van der Waals surface area contributed by atoms with E-state index in [0.29, 0.717) is 17.6 Å². The predicted molar refractivity (Wildman–Crippen MR) is 95.0 cm³/mol. The van der Waals surface area contributed by atoms with E-state index < -0.39 is 0 Å². The van der Waals surface area contributed by atoms with Crippen molar-refractivity contribution in [1.29, 1.82) is 0 Å². The maximum absolute atomic E-state index is 12.8. The quantitative estimate of drug-likeness (QED) is 0.826. The lowest BCUT2D eigenvalue weighted by Gasteiger charge is -2.43. The topological polar surface area (TPSA) is 41.6 Å². The summed E-state index contributed by atoms with van der Waals surface area (Å²) in [7, 11) is 0. The van der Waals surface area contributed by atoms with Gasteiger partial charge in [0.05, 0.1) is 6.10 Å². The number of rotatable bonds is 2. The van der Waals surface area contributed by atoms with E-state index in [-0.39, 0.29) is 6.03 Å².